The third-order valence-corrected chi connectivity index (χ3v) is 23.0. The van der Waals surface area contributed by atoms with E-state index in [4.69, 9.17) is 0 Å². The van der Waals surface area contributed by atoms with Crippen molar-refractivity contribution in [2.45, 2.75) is 502 Å². The van der Waals surface area contributed by atoms with Crippen LogP contribution in [0.4, 0.5) is 0 Å². The van der Waals surface area contributed by atoms with Crippen molar-refractivity contribution in [1.29, 1.82) is 0 Å². The molecule has 2 atom stereocenters. The monoisotopic (exact) mass is 1290 g/mol. The van der Waals surface area contributed by atoms with E-state index in [1.54, 1.807) is 20.9 Å². The zero-order chi connectivity index (χ0) is 64.6. The lowest BCUT2D eigenvalue weighted by Crippen LogP contribution is -2.01. The highest BCUT2D eigenvalue weighted by molar-refractivity contribution is 7.10. The minimum absolute atomic E-state index is 0.644. The van der Waals surface area contributed by atoms with Gasteiger partial charge in [0.1, 0.15) is 0 Å². The molecule has 2 aromatic rings. The Morgan fingerprint density at radius 2 is 0.433 bits per heavy atom. The second kappa shape index (κ2) is 74.2. The molecule has 0 bridgehead atoms. The number of hydrogen-bond donors (Lipinski definition) is 0. The van der Waals surface area contributed by atoms with Crippen LogP contribution < -0.4 is 0 Å². The molecule has 2 heteroatoms. The second-order valence-corrected chi connectivity index (χ2v) is 31.6. The smallest absolute Gasteiger partial charge is 0.00790 e. The van der Waals surface area contributed by atoms with E-state index in [0.29, 0.717) is 5.92 Å². The van der Waals surface area contributed by atoms with Gasteiger partial charge in [-0.15, -0.1) is 22.7 Å². The van der Waals surface area contributed by atoms with Gasteiger partial charge < -0.3 is 0 Å². The SMILES string of the molecule is [CH2]CC(CCCC(CCCCCCCCCCCCC)c1cc(CCCCCCCCCCCCCCCCCCCC)cs1)c1cc(CCCCCCCCCCCCCCCCCCCC)cs1.[CH2]CCCCCCCCCCCCCCCCCCC. The fourth-order valence-corrected chi connectivity index (χ4v) is 16.6. The third kappa shape index (κ3) is 61.0. The van der Waals surface area contributed by atoms with Crippen LogP contribution in [0.5, 0.6) is 0 Å². The minimum Gasteiger partial charge on any atom is -0.148 e. The Hall–Kier alpha value is -0.600. The lowest BCUT2D eigenvalue weighted by Gasteiger charge is -2.18. The van der Waals surface area contributed by atoms with Gasteiger partial charge in [0.25, 0.3) is 0 Å². The highest BCUT2D eigenvalue weighted by Crippen LogP contribution is 2.37. The molecule has 0 spiro atoms. The van der Waals surface area contributed by atoms with Crippen molar-refractivity contribution in [2.24, 2.45) is 0 Å². The van der Waals surface area contributed by atoms with Crippen molar-refractivity contribution < 1.29 is 0 Å². The number of unbranched alkanes of at least 4 members (excludes halogenated alkanes) is 61. The first-order chi connectivity index (χ1) is 44.6. The number of rotatable bonds is 74. The largest absolute Gasteiger partial charge is 0.148 e. The van der Waals surface area contributed by atoms with E-state index in [2.05, 4.69) is 75.8 Å². The molecule has 0 saturated carbocycles. The van der Waals surface area contributed by atoms with E-state index in [1.165, 1.54) is 449 Å². The molecule has 2 heterocycles. The van der Waals surface area contributed by atoms with Crippen LogP contribution in [0.3, 0.4) is 0 Å². The molecule has 2 rings (SSSR count). The molecular weight excluding hydrogens is 1120 g/mol. The fraction of sp³-hybridized carbons (Fsp3) is 0.886. The molecule has 0 aliphatic heterocycles. The summed E-state index contributed by atoms with van der Waals surface area (Å²) in [7, 11) is 0. The van der Waals surface area contributed by atoms with Gasteiger partial charge in [0.05, 0.1) is 0 Å². The van der Waals surface area contributed by atoms with Crippen molar-refractivity contribution in [1.82, 2.24) is 0 Å². The van der Waals surface area contributed by atoms with E-state index < -0.39 is 0 Å². The standard InChI is InChI=1S/C68H125S2.C20H41/c1-5-9-12-15-18-21-24-26-28-30-32-34-36-39-41-44-47-50-54-63-59-67(69-61-63)65(8-4)57-53-58-66(56-52-49-46-43-38-23-20-17-14-11-7-3)68-60-64(62-70-68)55-51-48-45-42-40-37-35-33-31-29-27-25-22-19-16-13-10-6-2;1-3-5-7-9-11-13-15-17-19-20-18-16-14-12-10-8-6-4-2/h59-62,65-66H,4-58H2,1-3H3;1,3-20H2,2H3. The Morgan fingerprint density at radius 3 is 0.678 bits per heavy atom. The highest BCUT2D eigenvalue weighted by atomic mass is 32.1. The maximum atomic E-state index is 4.49. The van der Waals surface area contributed by atoms with Gasteiger partial charge >= 0.3 is 0 Å². The summed E-state index contributed by atoms with van der Waals surface area (Å²) in [6, 6.07) is 5.24. The molecule has 0 aromatic carbocycles. The Bertz CT molecular complexity index is 1560. The molecule has 0 N–H and O–H groups in total. The molecule has 2 radical (unpaired) electrons. The summed E-state index contributed by atoms with van der Waals surface area (Å²) >= 11 is 4.15. The van der Waals surface area contributed by atoms with Gasteiger partial charge in [0.15, 0.2) is 0 Å². The van der Waals surface area contributed by atoms with Gasteiger partial charge in [-0.3, -0.25) is 0 Å². The van der Waals surface area contributed by atoms with Crippen LogP contribution in [0.1, 0.15) is 510 Å². The Labute approximate surface area is 578 Å². The molecule has 0 fully saturated rings. The average molecular weight is 1290 g/mol. The van der Waals surface area contributed by atoms with Crippen LogP contribution in [-0.4, -0.2) is 0 Å². The first-order valence-corrected chi connectivity index (χ1v) is 44.1. The predicted molar refractivity (Wildman–Crippen MR) is 418 cm³/mol. The molecule has 0 amide bonds. The normalized spacial score (nSPS) is 12.3. The van der Waals surface area contributed by atoms with E-state index in [9.17, 15) is 0 Å². The molecule has 530 valence electrons. The summed E-state index contributed by atoms with van der Waals surface area (Å²) in [6.07, 6.45) is 103. The van der Waals surface area contributed by atoms with Crippen LogP contribution >= 0.6 is 22.7 Å². The van der Waals surface area contributed by atoms with Crippen LogP contribution in [0, 0.1) is 13.8 Å². The zero-order valence-electron chi connectivity index (χ0n) is 62.6. The van der Waals surface area contributed by atoms with Gasteiger partial charge in [0.2, 0.25) is 0 Å². The van der Waals surface area contributed by atoms with Crippen molar-refractivity contribution in [3.05, 3.63) is 57.6 Å². The minimum atomic E-state index is 0.644. The molecule has 0 saturated heterocycles. The molecule has 2 unspecified atom stereocenters. The van der Waals surface area contributed by atoms with Crippen LogP contribution in [0.25, 0.3) is 0 Å². The van der Waals surface area contributed by atoms with Crippen LogP contribution in [0.15, 0.2) is 22.9 Å². The second-order valence-electron chi connectivity index (χ2n) is 29.7. The van der Waals surface area contributed by atoms with Gasteiger partial charge in [-0.05, 0) is 97.2 Å². The highest BCUT2D eigenvalue weighted by Gasteiger charge is 2.18. The Kier molecular flexibility index (Phi) is 72.1. The molecular formula is C88H166S2. The summed E-state index contributed by atoms with van der Waals surface area (Å²) in [6.45, 7) is 17.6. The lowest BCUT2D eigenvalue weighted by molar-refractivity contribution is 0.481. The topological polar surface area (TPSA) is 0 Å². The summed E-state index contributed by atoms with van der Waals surface area (Å²) in [5, 5.41) is 5.04. The summed E-state index contributed by atoms with van der Waals surface area (Å²) in [5.41, 5.74) is 3.24. The average Bonchev–Trinajstić information content (AvgIpc) is 2.73. The summed E-state index contributed by atoms with van der Waals surface area (Å²) in [4.78, 5) is 3.33. The first-order valence-electron chi connectivity index (χ1n) is 42.4. The maximum absolute atomic E-state index is 4.49. The lowest BCUT2D eigenvalue weighted by atomic mass is 9.89. The number of thiophene rings is 2. The van der Waals surface area contributed by atoms with Gasteiger partial charge in [0, 0.05) is 9.75 Å². The Balaban J connectivity index is 0.00000172. The van der Waals surface area contributed by atoms with Gasteiger partial charge in [-0.1, -0.05) is 452 Å². The maximum Gasteiger partial charge on any atom is 0.00790 e. The summed E-state index contributed by atoms with van der Waals surface area (Å²) in [5.74, 6) is 1.40. The van der Waals surface area contributed by atoms with Crippen LogP contribution in [-0.2, 0) is 12.8 Å². The van der Waals surface area contributed by atoms with E-state index in [1.807, 2.05) is 11.3 Å². The molecule has 0 aliphatic rings. The molecule has 90 heavy (non-hydrogen) atoms. The van der Waals surface area contributed by atoms with E-state index >= 15 is 0 Å². The van der Waals surface area contributed by atoms with E-state index in [0.717, 1.165) is 18.8 Å². The van der Waals surface area contributed by atoms with Gasteiger partial charge in [-0.25, -0.2) is 0 Å². The van der Waals surface area contributed by atoms with Crippen molar-refractivity contribution in [2.75, 3.05) is 0 Å². The summed E-state index contributed by atoms with van der Waals surface area (Å²) < 4.78 is 0. The fourth-order valence-electron chi connectivity index (χ4n) is 14.4. The predicted octanol–water partition coefficient (Wildman–Crippen LogP) is 33.8. The molecule has 0 nitrogen and oxygen atoms in total. The number of hydrogen-bond acceptors (Lipinski definition) is 2. The van der Waals surface area contributed by atoms with Gasteiger partial charge in [-0.2, -0.15) is 0 Å². The van der Waals surface area contributed by atoms with E-state index in [-0.39, 0.29) is 0 Å². The van der Waals surface area contributed by atoms with Crippen molar-refractivity contribution in [3.8, 4) is 0 Å². The number of aryl methyl sites for hydroxylation is 2. The Morgan fingerprint density at radius 1 is 0.233 bits per heavy atom. The van der Waals surface area contributed by atoms with Crippen molar-refractivity contribution in [3.63, 3.8) is 0 Å². The zero-order valence-corrected chi connectivity index (χ0v) is 64.2. The van der Waals surface area contributed by atoms with Crippen LogP contribution in [0.2, 0.25) is 0 Å². The van der Waals surface area contributed by atoms with Crippen molar-refractivity contribution >= 4 is 22.7 Å². The molecule has 2 aromatic heterocycles. The quantitative estimate of drug-likeness (QED) is 0.0579. The molecule has 0 aliphatic carbocycles. The first kappa shape index (κ1) is 87.4. The third-order valence-electron chi connectivity index (χ3n) is 20.8.